The Bertz CT molecular complexity index is 281. The van der Waals surface area contributed by atoms with Crippen LogP contribution in [-0.4, -0.2) is 48.2 Å². The van der Waals surface area contributed by atoms with Crippen molar-refractivity contribution < 1.29 is 19.4 Å². The number of rotatable bonds is 12. The molecule has 0 fully saturated rings. The molecule has 5 heteroatoms. The molecule has 0 aliphatic rings. The number of hydrogen-bond acceptors (Lipinski definition) is 3. The fraction of sp³-hybridized carbons (Fsp3) is 0.867. The van der Waals surface area contributed by atoms with Crippen LogP contribution in [0.25, 0.3) is 0 Å². The van der Waals surface area contributed by atoms with Gasteiger partial charge >= 0.3 is 5.97 Å². The highest BCUT2D eigenvalue weighted by molar-refractivity contribution is 5.77. The van der Waals surface area contributed by atoms with Gasteiger partial charge in [-0.15, -0.1) is 0 Å². The van der Waals surface area contributed by atoms with E-state index in [9.17, 15) is 9.59 Å². The number of carboxylic acid groups (broad SMARTS) is 1. The molecule has 5 nitrogen and oxygen atoms in total. The van der Waals surface area contributed by atoms with Crippen molar-refractivity contribution in [1.82, 2.24) is 4.90 Å². The number of amides is 1. The summed E-state index contributed by atoms with van der Waals surface area (Å²) in [5.41, 5.74) is 0. The van der Waals surface area contributed by atoms with Gasteiger partial charge in [0.2, 0.25) is 5.91 Å². The second kappa shape index (κ2) is 11.7. The number of ether oxygens (including phenoxy) is 1. The van der Waals surface area contributed by atoms with E-state index < -0.39 is 11.9 Å². The molecule has 0 aliphatic carbocycles. The second-order valence-corrected chi connectivity index (χ2v) is 5.15. The third-order valence-electron chi connectivity index (χ3n) is 3.09. The molecule has 0 aliphatic heterocycles. The van der Waals surface area contributed by atoms with Gasteiger partial charge < -0.3 is 14.7 Å². The normalized spacial score (nSPS) is 12.2. The highest BCUT2D eigenvalue weighted by Gasteiger charge is 2.19. The van der Waals surface area contributed by atoms with Gasteiger partial charge in [0.1, 0.15) is 0 Å². The lowest BCUT2D eigenvalue weighted by Gasteiger charge is -2.24. The van der Waals surface area contributed by atoms with E-state index >= 15 is 0 Å². The Morgan fingerprint density at radius 2 is 1.80 bits per heavy atom. The maximum atomic E-state index is 12.0. The third kappa shape index (κ3) is 8.91. The monoisotopic (exact) mass is 287 g/mol. The van der Waals surface area contributed by atoms with Crippen molar-refractivity contribution in [2.45, 2.75) is 52.9 Å². The van der Waals surface area contributed by atoms with E-state index in [4.69, 9.17) is 9.84 Å². The quantitative estimate of drug-likeness (QED) is 0.560. The summed E-state index contributed by atoms with van der Waals surface area (Å²) in [4.78, 5) is 24.5. The number of nitrogens with zero attached hydrogens (tertiary/aromatic N) is 1. The van der Waals surface area contributed by atoms with E-state index in [1.165, 1.54) is 0 Å². The summed E-state index contributed by atoms with van der Waals surface area (Å²) in [6.07, 6.45) is 4.17. The SMILES string of the molecule is CCCCOCCCN(CC(C)C(=O)O)C(=O)CCC. The summed E-state index contributed by atoms with van der Waals surface area (Å²) < 4.78 is 5.46. The van der Waals surface area contributed by atoms with Gasteiger partial charge in [0, 0.05) is 32.7 Å². The smallest absolute Gasteiger partial charge is 0.308 e. The van der Waals surface area contributed by atoms with Gasteiger partial charge in [0.15, 0.2) is 0 Å². The Labute approximate surface area is 122 Å². The summed E-state index contributed by atoms with van der Waals surface area (Å²) in [6.45, 7) is 7.92. The van der Waals surface area contributed by atoms with Crippen LogP contribution in [0.2, 0.25) is 0 Å². The Hall–Kier alpha value is -1.10. The van der Waals surface area contributed by atoms with Gasteiger partial charge in [-0.1, -0.05) is 27.2 Å². The first kappa shape index (κ1) is 18.9. The molecular weight excluding hydrogens is 258 g/mol. The lowest BCUT2D eigenvalue weighted by atomic mass is 10.1. The van der Waals surface area contributed by atoms with E-state index in [-0.39, 0.29) is 12.5 Å². The Morgan fingerprint density at radius 3 is 2.35 bits per heavy atom. The fourth-order valence-electron chi connectivity index (χ4n) is 1.80. The molecule has 0 radical (unpaired) electrons. The lowest BCUT2D eigenvalue weighted by molar-refractivity contribution is -0.143. The van der Waals surface area contributed by atoms with Crippen LogP contribution in [0.3, 0.4) is 0 Å². The number of aliphatic carboxylic acids is 1. The summed E-state index contributed by atoms with van der Waals surface area (Å²) in [5, 5.41) is 8.95. The van der Waals surface area contributed by atoms with E-state index in [0.29, 0.717) is 19.6 Å². The Kier molecular flexibility index (Phi) is 11.1. The first-order chi connectivity index (χ1) is 9.52. The third-order valence-corrected chi connectivity index (χ3v) is 3.09. The van der Waals surface area contributed by atoms with Crippen LogP contribution < -0.4 is 0 Å². The molecular formula is C15H29NO4. The van der Waals surface area contributed by atoms with Gasteiger partial charge in [-0.25, -0.2) is 0 Å². The molecule has 1 amide bonds. The molecule has 0 saturated heterocycles. The molecule has 1 unspecified atom stereocenters. The summed E-state index contributed by atoms with van der Waals surface area (Å²) in [5.74, 6) is -1.36. The standard InChI is InChI=1S/C15H29NO4/c1-4-6-10-20-11-7-9-16(14(17)8-5-2)12-13(3)15(18)19/h13H,4-12H2,1-3H3,(H,18,19). The zero-order valence-electron chi connectivity index (χ0n) is 13.1. The molecule has 1 atom stereocenters. The second-order valence-electron chi connectivity index (χ2n) is 5.15. The first-order valence-electron chi connectivity index (χ1n) is 7.61. The number of carbonyl (C=O) groups excluding carboxylic acids is 1. The molecule has 0 saturated carbocycles. The van der Waals surface area contributed by atoms with Crippen molar-refractivity contribution in [3.05, 3.63) is 0 Å². The maximum Gasteiger partial charge on any atom is 0.308 e. The lowest BCUT2D eigenvalue weighted by Crippen LogP contribution is -2.37. The topological polar surface area (TPSA) is 66.8 Å². The summed E-state index contributed by atoms with van der Waals surface area (Å²) >= 11 is 0. The van der Waals surface area contributed by atoms with E-state index in [1.807, 2.05) is 6.92 Å². The van der Waals surface area contributed by atoms with Crippen LogP contribution >= 0.6 is 0 Å². The van der Waals surface area contributed by atoms with Gasteiger partial charge in [0.25, 0.3) is 0 Å². The zero-order chi connectivity index (χ0) is 15.4. The van der Waals surface area contributed by atoms with Gasteiger partial charge in [-0.05, 0) is 19.3 Å². The van der Waals surface area contributed by atoms with E-state index in [0.717, 1.165) is 32.3 Å². The van der Waals surface area contributed by atoms with Crippen LogP contribution in [0.1, 0.15) is 52.9 Å². The van der Waals surface area contributed by atoms with E-state index in [1.54, 1.807) is 11.8 Å². The molecule has 118 valence electrons. The largest absolute Gasteiger partial charge is 0.481 e. The van der Waals surface area contributed by atoms with Crippen LogP contribution in [0.4, 0.5) is 0 Å². The number of carbonyl (C=O) groups is 2. The first-order valence-corrected chi connectivity index (χ1v) is 7.61. The predicted octanol–water partition coefficient (Wildman–Crippen LogP) is 2.54. The highest BCUT2D eigenvalue weighted by Crippen LogP contribution is 2.06. The molecule has 0 bridgehead atoms. The van der Waals surface area contributed by atoms with Crippen molar-refractivity contribution in [3.8, 4) is 0 Å². The van der Waals surface area contributed by atoms with Crippen molar-refractivity contribution >= 4 is 11.9 Å². The van der Waals surface area contributed by atoms with E-state index in [2.05, 4.69) is 6.92 Å². The van der Waals surface area contributed by atoms with Gasteiger partial charge in [-0.2, -0.15) is 0 Å². The van der Waals surface area contributed by atoms with Gasteiger partial charge in [-0.3, -0.25) is 9.59 Å². The molecule has 0 spiro atoms. The zero-order valence-corrected chi connectivity index (χ0v) is 13.1. The molecule has 1 N–H and O–H groups in total. The van der Waals surface area contributed by atoms with Crippen molar-refractivity contribution in [3.63, 3.8) is 0 Å². The minimum atomic E-state index is -0.863. The summed E-state index contributed by atoms with van der Waals surface area (Å²) in [7, 11) is 0. The molecule has 0 aromatic carbocycles. The van der Waals surface area contributed by atoms with Crippen molar-refractivity contribution in [1.29, 1.82) is 0 Å². The minimum Gasteiger partial charge on any atom is -0.481 e. The van der Waals surface area contributed by atoms with Crippen LogP contribution in [0, 0.1) is 5.92 Å². The average Bonchev–Trinajstić information content (AvgIpc) is 2.41. The van der Waals surface area contributed by atoms with Crippen LogP contribution in [-0.2, 0) is 14.3 Å². The van der Waals surface area contributed by atoms with Crippen LogP contribution in [0.15, 0.2) is 0 Å². The van der Waals surface area contributed by atoms with Crippen molar-refractivity contribution in [2.75, 3.05) is 26.3 Å². The molecule has 0 rings (SSSR count). The Balaban J connectivity index is 4.11. The fourth-order valence-corrected chi connectivity index (χ4v) is 1.80. The van der Waals surface area contributed by atoms with Gasteiger partial charge in [0.05, 0.1) is 5.92 Å². The molecule has 0 aromatic rings. The average molecular weight is 287 g/mol. The maximum absolute atomic E-state index is 12.0. The number of carboxylic acids is 1. The highest BCUT2D eigenvalue weighted by atomic mass is 16.5. The minimum absolute atomic E-state index is 0.0363. The van der Waals surface area contributed by atoms with Crippen LogP contribution in [0.5, 0.6) is 0 Å². The Morgan fingerprint density at radius 1 is 1.15 bits per heavy atom. The predicted molar refractivity (Wildman–Crippen MR) is 78.6 cm³/mol. The number of unbranched alkanes of at least 4 members (excludes halogenated alkanes) is 1. The van der Waals surface area contributed by atoms with Crippen molar-refractivity contribution in [2.24, 2.45) is 5.92 Å². The molecule has 0 aromatic heterocycles. The molecule has 0 heterocycles. The number of hydrogen-bond donors (Lipinski definition) is 1. The molecule has 20 heavy (non-hydrogen) atoms. The summed E-state index contributed by atoms with van der Waals surface area (Å²) in [6, 6.07) is 0.